The summed E-state index contributed by atoms with van der Waals surface area (Å²) in [5, 5.41) is 15.3. The lowest BCUT2D eigenvalue weighted by molar-refractivity contribution is -0.154. The maximum atomic E-state index is 16.0. The highest BCUT2D eigenvalue weighted by molar-refractivity contribution is 5.99. The van der Waals surface area contributed by atoms with Crippen LogP contribution in [-0.2, 0) is 0 Å². The molecule has 2 aromatic carbocycles. The quantitative estimate of drug-likeness (QED) is 0.398. The Kier molecular flexibility index (Phi) is 5.32. The Labute approximate surface area is 202 Å². The molecule has 2 atom stereocenters. The zero-order valence-electron chi connectivity index (χ0n) is 18.9. The van der Waals surface area contributed by atoms with E-state index >= 15 is 4.39 Å². The first-order valence-corrected chi connectivity index (χ1v) is 11.5. The third-order valence-electron chi connectivity index (χ3n) is 6.63. The van der Waals surface area contributed by atoms with Crippen molar-refractivity contribution in [2.75, 3.05) is 24.6 Å². The van der Waals surface area contributed by atoms with Gasteiger partial charge in [0.25, 0.3) is 0 Å². The van der Waals surface area contributed by atoms with Crippen molar-refractivity contribution in [1.82, 2.24) is 20.3 Å². The Morgan fingerprint density at radius 1 is 1.06 bits per heavy atom. The van der Waals surface area contributed by atoms with Gasteiger partial charge in [-0.3, -0.25) is 4.98 Å². The van der Waals surface area contributed by atoms with E-state index in [0.717, 1.165) is 12.8 Å². The van der Waals surface area contributed by atoms with Crippen LogP contribution < -0.4 is 15.0 Å². The van der Waals surface area contributed by atoms with Crippen LogP contribution in [0.15, 0.2) is 42.6 Å². The minimum absolute atomic E-state index is 0.0705. The molecule has 2 saturated heterocycles. The zero-order chi connectivity index (χ0) is 25.0. The molecule has 4 aromatic rings. The Balaban J connectivity index is 1.53. The minimum atomic E-state index is -4.60. The van der Waals surface area contributed by atoms with Crippen molar-refractivity contribution in [3.63, 3.8) is 0 Å². The Bertz CT molecular complexity index is 1470. The van der Waals surface area contributed by atoms with Crippen LogP contribution in [0.4, 0.5) is 23.4 Å². The van der Waals surface area contributed by atoms with Crippen molar-refractivity contribution in [2.24, 2.45) is 0 Å². The Morgan fingerprint density at radius 2 is 1.81 bits per heavy atom. The number of benzene rings is 2. The van der Waals surface area contributed by atoms with Crippen molar-refractivity contribution in [3.8, 4) is 23.0 Å². The molecule has 11 heteroatoms. The van der Waals surface area contributed by atoms with Gasteiger partial charge in [-0.25, -0.2) is 4.39 Å². The number of phenols is 1. The average Bonchev–Trinajstić information content (AvgIpc) is 3.19. The number of hydrogen-bond acceptors (Lipinski definition) is 7. The molecule has 36 heavy (non-hydrogen) atoms. The topological polar surface area (TPSA) is 83.4 Å². The van der Waals surface area contributed by atoms with E-state index < -0.39 is 24.6 Å². The highest BCUT2D eigenvalue weighted by Crippen LogP contribution is 2.37. The van der Waals surface area contributed by atoms with Gasteiger partial charge in [0.1, 0.15) is 22.8 Å². The molecule has 186 valence electrons. The van der Waals surface area contributed by atoms with Crippen molar-refractivity contribution in [2.45, 2.75) is 31.1 Å². The van der Waals surface area contributed by atoms with E-state index in [1.54, 1.807) is 30.3 Å². The van der Waals surface area contributed by atoms with Gasteiger partial charge in [-0.15, -0.1) is 0 Å². The number of ether oxygens (including phenoxy) is 1. The summed E-state index contributed by atoms with van der Waals surface area (Å²) in [5.74, 6) is -0.616. The van der Waals surface area contributed by atoms with Crippen LogP contribution in [0.5, 0.6) is 11.8 Å². The molecule has 2 bridgehead atoms. The van der Waals surface area contributed by atoms with Crippen LogP contribution in [0.25, 0.3) is 32.9 Å². The van der Waals surface area contributed by atoms with E-state index in [4.69, 9.17) is 4.74 Å². The first-order valence-electron chi connectivity index (χ1n) is 11.5. The number of alkyl halides is 3. The van der Waals surface area contributed by atoms with E-state index in [0.29, 0.717) is 29.4 Å². The lowest BCUT2D eigenvalue weighted by Crippen LogP contribution is -2.51. The molecule has 2 N–H and O–H groups in total. The van der Waals surface area contributed by atoms with E-state index in [2.05, 4.69) is 20.3 Å². The Morgan fingerprint density at radius 3 is 2.56 bits per heavy atom. The zero-order valence-corrected chi connectivity index (χ0v) is 18.9. The van der Waals surface area contributed by atoms with Crippen LogP contribution >= 0.6 is 0 Å². The fraction of sp³-hybridized carbons (Fsp3) is 0.320. The molecule has 2 aromatic heterocycles. The van der Waals surface area contributed by atoms with Gasteiger partial charge in [0.15, 0.2) is 12.4 Å². The maximum absolute atomic E-state index is 16.0. The standard InChI is InChI=1S/C25H21F4N5O2/c26-20-21(18-8-16(35)7-13-3-1-2-4-17(13)18)30-9-19-22(20)32-24(36-12-25(27,28)29)33-23(19)34-10-14-5-6-15(11-34)31-14/h1-4,7-9,14-15,31,35H,5-6,10-12H2/t14-,15+. The van der Waals surface area contributed by atoms with Gasteiger partial charge in [-0.05, 0) is 35.7 Å². The summed E-state index contributed by atoms with van der Waals surface area (Å²) in [6, 6.07) is 9.95. The fourth-order valence-electron chi connectivity index (χ4n) is 5.12. The average molecular weight is 499 g/mol. The largest absolute Gasteiger partial charge is 0.508 e. The Hall–Kier alpha value is -3.73. The second-order valence-corrected chi connectivity index (χ2v) is 9.17. The van der Waals surface area contributed by atoms with E-state index in [1.807, 2.05) is 4.90 Å². The van der Waals surface area contributed by atoms with Crippen LogP contribution in [0, 0.1) is 5.82 Å². The van der Waals surface area contributed by atoms with E-state index in [1.165, 1.54) is 12.3 Å². The molecule has 2 aliphatic rings. The molecule has 0 spiro atoms. The number of hydrogen-bond donors (Lipinski definition) is 2. The van der Waals surface area contributed by atoms with Gasteiger partial charge >= 0.3 is 12.2 Å². The molecule has 7 nitrogen and oxygen atoms in total. The van der Waals surface area contributed by atoms with E-state index in [9.17, 15) is 18.3 Å². The molecule has 6 rings (SSSR count). The molecule has 4 heterocycles. The molecule has 0 aliphatic carbocycles. The van der Waals surface area contributed by atoms with Gasteiger partial charge in [0.05, 0.1) is 5.39 Å². The first-order chi connectivity index (χ1) is 17.2. The lowest BCUT2D eigenvalue weighted by atomic mass is 10.0. The van der Waals surface area contributed by atoms with Gasteiger partial charge < -0.3 is 20.1 Å². The van der Waals surface area contributed by atoms with Crippen LogP contribution in [-0.4, -0.2) is 58.0 Å². The molecule has 0 radical (unpaired) electrons. The van der Waals surface area contributed by atoms with Crippen LogP contribution in [0.2, 0.25) is 0 Å². The predicted molar refractivity (Wildman–Crippen MR) is 126 cm³/mol. The van der Waals surface area contributed by atoms with Gasteiger partial charge in [0.2, 0.25) is 0 Å². The molecular weight excluding hydrogens is 478 g/mol. The fourth-order valence-corrected chi connectivity index (χ4v) is 5.12. The van der Waals surface area contributed by atoms with Gasteiger partial charge in [-0.2, -0.15) is 23.1 Å². The van der Waals surface area contributed by atoms with Crippen molar-refractivity contribution < 1.29 is 27.4 Å². The maximum Gasteiger partial charge on any atom is 0.422 e. The number of nitrogens with one attached hydrogen (secondary N) is 1. The number of aromatic nitrogens is 3. The number of piperazine rings is 1. The summed E-state index contributed by atoms with van der Waals surface area (Å²) < 4.78 is 59.5. The normalized spacial score (nSPS) is 19.8. The number of aromatic hydroxyl groups is 1. The lowest BCUT2D eigenvalue weighted by Gasteiger charge is -2.34. The highest BCUT2D eigenvalue weighted by Gasteiger charge is 2.35. The second-order valence-electron chi connectivity index (χ2n) is 9.17. The van der Waals surface area contributed by atoms with Crippen molar-refractivity contribution in [1.29, 1.82) is 0 Å². The molecule has 0 unspecified atom stereocenters. The van der Waals surface area contributed by atoms with Crippen molar-refractivity contribution in [3.05, 3.63) is 48.4 Å². The number of fused-ring (bicyclic) bond motifs is 4. The summed E-state index contributed by atoms with van der Waals surface area (Å²) in [7, 11) is 0. The van der Waals surface area contributed by atoms with Gasteiger partial charge in [0, 0.05) is 36.9 Å². The van der Waals surface area contributed by atoms with Crippen molar-refractivity contribution >= 4 is 27.5 Å². The monoisotopic (exact) mass is 499 g/mol. The highest BCUT2D eigenvalue weighted by atomic mass is 19.4. The molecule has 0 saturated carbocycles. The molecule has 2 aliphatic heterocycles. The first kappa shape index (κ1) is 22.7. The number of pyridine rings is 1. The summed E-state index contributed by atoms with van der Waals surface area (Å²) in [5.41, 5.74) is 0.0602. The molecular formula is C25H21F4N5O2. The minimum Gasteiger partial charge on any atom is -0.508 e. The van der Waals surface area contributed by atoms with Crippen LogP contribution in [0.1, 0.15) is 12.8 Å². The smallest absolute Gasteiger partial charge is 0.422 e. The van der Waals surface area contributed by atoms with E-state index in [-0.39, 0.29) is 40.2 Å². The number of anilines is 1. The summed E-state index contributed by atoms with van der Waals surface area (Å²) in [6.45, 7) is -0.453. The number of rotatable bonds is 4. The molecule has 2 fully saturated rings. The third-order valence-corrected chi connectivity index (χ3v) is 6.63. The number of phenolic OH excluding ortho intramolecular Hbond substituents is 1. The predicted octanol–water partition coefficient (Wildman–Crippen LogP) is 4.57. The number of nitrogens with zero attached hydrogens (tertiary/aromatic N) is 4. The van der Waals surface area contributed by atoms with Crippen LogP contribution in [0.3, 0.4) is 0 Å². The summed E-state index contributed by atoms with van der Waals surface area (Å²) in [6.07, 6.45) is -1.22. The molecule has 0 amide bonds. The second kappa shape index (κ2) is 8.44. The summed E-state index contributed by atoms with van der Waals surface area (Å²) in [4.78, 5) is 14.6. The summed E-state index contributed by atoms with van der Waals surface area (Å²) >= 11 is 0. The van der Waals surface area contributed by atoms with Gasteiger partial charge in [-0.1, -0.05) is 24.3 Å². The SMILES string of the molecule is Oc1cc(-c2ncc3c(N4C[C@H]5CC[C@@H](C4)N5)nc(OCC(F)(F)F)nc3c2F)c2ccccc2c1. The number of halogens is 4. The third kappa shape index (κ3) is 4.13.